The summed E-state index contributed by atoms with van der Waals surface area (Å²) in [6.07, 6.45) is 64.9. The van der Waals surface area contributed by atoms with Crippen LogP contribution in [0.25, 0.3) is 0 Å². The minimum absolute atomic E-state index is 0.448. The molecule has 440 valence electrons. The van der Waals surface area contributed by atoms with Gasteiger partial charge in [0.25, 0.3) is 0 Å². The first-order chi connectivity index (χ1) is 37.6. The molecule has 0 amide bonds. The van der Waals surface area contributed by atoms with Crippen LogP contribution < -0.4 is 14.2 Å². The molecule has 0 aliphatic rings. The molecule has 7 heteroatoms. The molecular formula is C69H123NO6. The summed E-state index contributed by atoms with van der Waals surface area (Å²) in [6, 6.07) is 13.6. The van der Waals surface area contributed by atoms with Gasteiger partial charge < -0.3 is 28.9 Å². The molecule has 0 atom stereocenters. The Bertz CT molecular complexity index is 1510. The van der Waals surface area contributed by atoms with Crippen molar-refractivity contribution in [2.75, 3.05) is 26.9 Å². The van der Waals surface area contributed by atoms with Crippen molar-refractivity contribution in [2.24, 2.45) is 5.16 Å². The summed E-state index contributed by atoms with van der Waals surface area (Å²) >= 11 is 0. The summed E-state index contributed by atoms with van der Waals surface area (Å²) in [6.45, 7) is 8.45. The molecule has 76 heavy (non-hydrogen) atoms. The lowest BCUT2D eigenvalue weighted by molar-refractivity contribution is -0.357. The maximum atomic E-state index is 9.74. The van der Waals surface area contributed by atoms with Gasteiger partial charge in [0, 0.05) is 11.6 Å². The fourth-order valence-corrected chi connectivity index (χ4v) is 10.7. The van der Waals surface area contributed by atoms with E-state index in [-0.39, 0.29) is 0 Å². The van der Waals surface area contributed by atoms with E-state index < -0.39 is 5.97 Å². The molecule has 2 rings (SSSR count). The molecule has 0 bridgehead atoms. The second-order valence-electron chi connectivity index (χ2n) is 22.8. The quantitative estimate of drug-likeness (QED) is 0.0234. The largest absolute Gasteiger partial charge is 0.497 e. The Morgan fingerprint density at radius 1 is 0.382 bits per heavy atom. The Kier molecular flexibility index (Phi) is 48.3. The van der Waals surface area contributed by atoms with Gasteiger partial charge in [0.05, 0.1) is 38.7 Å². The van der Waals surface area contributed by atoms with Gasteiger partial charge in [-0.1, -0.05) is 327 Å². The van der Waals surface area contributed by atoms with Crippen molar-refractivity contribution in [3.05, 3.63) is 53.6 Å². The third kappa shape index (κ3) is 37.9. The van der Waals surface area contributed by atoms with E-state index in [9.17, 15) is 5.21 Å². The van der Waals surface area contributed by atoms with Crippen molar-refractivity contribution in [1.29, 1.82) is 0 Å². The second kappa shape index (κ2) is 52.9. The molecule has 0 fully saturated rings. The maximum absolute atomic E-state index is 9.74. The van der Waals surface area contributed by atoms with Gasteiger partial charge in [0.1, 0.15) is 17.2 Å². The molecule has 0 aromatic heterocycles. The fraction of sp³-hybridized carbons (Fsp3) is 0.812. The first-order valence-electron chi connectivity index (χ1n) is 33.2. The van der Waals surface area contributed by atoms with E-state index >= 15 is 0 Å². The Balaban J connectivity index is 2.03. The number of para-hydroxylation sites is 1. The molecule has 0 aliphatic heterocycles. The summed E-state index contributed by atoms with van der Waals surface area (Å²) in [5, 5.41) is 13.1. The lowest BCUT2D eigenvalue weighted by Gasteiger charge is -2.35. The molecule has 2 aromatic rings. The number of methoxy groups -OCH3 is 1. The number of rotatable bonds is 59. The minimum Gasteiger partial charge on any atom is -0.497 e. The van der Waals surface area contributed by atoms with Crippen LogP contribution in [0.3, 0.4) is 0 Å². The monoisotopic (exact) mass is 1060 g/mol. The Hall–Kier alpha value is -2.77. The van der Waals surface area contributed by atoms with Gasteiger partial charge in [-0.2, -0.15) is 0 Å². The van der Waals surface area contributed by atoms with Crippen LogP contribution in [0.15, 0.2) is 47.6 Å². The van der Waals surface area contributed by atoms with Gasteiger partial charge in [-0.3, -0.25) is 0 Å². The number of unbranched alkanes of at least 4 members (excludes halogenated alkanes) is 45. The van der Waals surface area contributed by atoms with Crippen molar-refractivity contribution in [1.82, 2.24) is 0 Å². The lowest BCUT2D eigenvalue weighted by Crippen LogP contribution is -2.41. The predicted octanol–water partition coefficient (Wildman–Crippen LogP) is 22.9. The van der Waals surface area contributed by atoms with Crippen LogP contribution in [-0.2, 0) is 15.4 Å². The summed E-state index contributed by atoms with van der Waals surface area (Å²) < 4.78 is 33.3. The van der Waals surface area contributed by atoms with Gasteiger partial charge in [0.2, 0.25) is 0 Å². The Morgan fingerprint density at radius 3 is 1.03 bits per heavy atom. The number of benzene rings is 2. The van der Waals surface area contributed by atoms with E-state index in [4.69, 9.17) is 23.7 Å². The molecule has 0 aliphatic carbocycles. The highest BCUT2D eigenvalue weighted by Crippen LogP contribution is 2.40. The molecule has 1 N–H and O–H groups in total. The standard InChI is InChI=1S/C69H123NO6/c1-5-8-11-14-17-20-23-26-29-32-35-38-41-44-47-52-59-73-67-56-51-50-55-66(67)69(76-68-62-65(72-4)58-57-64(68)63-70-71,74-60-53-48-45-42-39-36-33-30-27-24-21-18-15-12-9-6-2)75-61-54-49-46-43-40-37-34-31-28-25-22-19-16-13-10-7-3/h50-51,55-58,62-63,71H,5-49,52-54,59-61H2,1-4H3. The number of oxime groups is 1. The lowest BCUT2D eigenvalue weighted by atomic mass is 10.0. The Morgan fingerprint density at radius 2 is 0.697 bits per heavy atom. The van der Waals surface area contributed by atoms with Gasteiger partial charge in [-0.05, 0) is 43.5 Å². The average molecular weight is 1060 g/mol. The van der Waals surface area contributed by atoms with Crippen LogP contribution in [0.5, 0.6) is 17.2 Å². The van der Waals surface area contributed by atoms with E-state index in [1.807, 2.05) is 42.5 Å². The zero-order valence-electron chi connectivity index (χ0n) is 50.6. The molecule has 0 saturated carbocycles. The number of hydrogen-bond acceptors (Lipinski definition) is 7. The van der Waals surface area contributed by atoms with Crippen LogP contribution in [0.1, 0.15) is 340 Å². The number of nitrogens with zero attached hydrogens (tertiary/aromatic N) is 1. The van der Waals surface area contributed by atoms with Crippen molar-refractivity contribution >= 4 is 6.21 Å². The van der Waals surface area contributed by atoms with Crippen molar-refractivity contribution in [3.8, 4) is 17.2 Å². The predicted molar refractivity (Wildman–Crippen MR) is 327 cm³/mol. The molecule has 0 heterocycles. The van der Waals surface area contributed by atoms with Crippen LogP contribution in [-0.4, -0.2) is 38.4 Å². The highest BCUT2D eigenvalue weighted by atomic mass is 16.9. The molecule has 7 nitrogen and oxygen atoms in total. The third-order valence-corrected chi connectivity index (χ3v) is 15.7. The van der Waals surface area contributed by atoms with Gasteiger partial charge in [-0.15, -0.1) is 0 Å². The van der Waals surface area contributed by atoms with E-state index in [0.29, 0.717) is 48.2 Å². The third-order valence-electron chi connectivity index (χ3n) is 15.7. The minimum atomic E-state index is -1.60. The topological polar surface area (TPSA) is 78.7 Å². The number of ether oxygens (including phenoxy) is 5. The number of hydrogen-bond donors (Lipinski definition) is 1. The molecule has 0 radical (unpaired) electrons. The van der Waals surface area contributed by atoms with Crippen LogP contribution >= 0.6 is 0 Å². The molecular weight excluding hydrogens is 939 g/mol. The van der Waals surface area contributed by atoms with Crippen molar-refractivity contribution < 1.29 is 28.9 Å². The van der Waals surface area contributed by atoms with Gasteiger partial charge in [-0.25, -0.2) is 0 Å². The second-order valence-corrected chi connectivity index (χ2v) is 22.8. The van der Waals surface area contributed by atoms with Crippen molar-refractivity contribution in [2.45, 2.75) is 335 Å². The SMILES string of the molecule is CCCCCCCCCCCCCCCCCCOc1ccccc1C(OCCCCCCCCCCCCCCCCCC)(OCCCCCCCCCCCCCCCCCC)Oc1cc(OC)ccc1C=NO. The normalized spacial score (nSPS) is 11.8. The van der Waals surface area contributed by atoms with Crippen LogP contribution in [0.4, 0.5) is 0 Å². The summed E-state index contributed by atoms with van der Waals surface area (Å²) in [7, 11) is 1.65. The summed E-state index contributed by atoms with van der Waals surface area (Å²) in [4.78, 5) is 0. The van der Waals surface area contributed by atoms with E-state index in [0.717, 1.165) is 38.5 Å². The van der Waals surface area contributed by atoms with E-state index in [1.165, 1.54) is 276 Å². The first-order valence-corrected chi connectivity index (χ1v) is 33.2. The molecule has 0 unspecified atom stereocenters. The molecule has 2 aromatic carbocycles. The fourth-order valence-electron chi connectivity index (χ4n) is 10.7. The smallest absolute Gasteiger partial charge is 0.360 e. The molecule has 0 spiro atoms. The first kappa shape index (κ1) is 69.3. The zero-order valence-corrected chi connectivity index (χ0v) is 50.6. The van der Waals surface area contributed by atoms with E-state index in [1.54, 1.807) is 7.11 Å². The van der Waals surface area contributed by atoms with Crippen LogP contribution in [0.2, 0.25) is 0 Å². The van der Waals surface area contributed by atoms with Crippen LogP contribution in [0, 0.1) is 0 Å². The highest BCUT2D eigenvalue weighted by Gasteiger charge is 2.41. The summed E-state index contributed by atoms with van der Waals surface area (Å²) in [5.74, 6) is 0.190. The average Bonchev–Trinajstić information content (AvgIpc) is 3.45. The van der Waals surface area contributed by atoms with Gasteiger partial charge in [0.15, 0.2) is 0 Å². The maximum Gasteiger partial charge on any atom is 0.360 e. The Labute approximate surface area is 471 Å². The van der Waals surface area contributed by atoms with Crippen molar-refractivity contribution in [3.63, 3.8) is 0 Å². The highest BCUT2D eigenvalue weighted by molar-refractivity contribution is 5.83. The zero-order chi connectivity index (χ0) is 54.3. The van der Waals surface area contributed by atoms with E-state index in [2.05, 4.69) is 25.9 Å². The molecule has 0 saturated heterocycles. The van der Waals surface area contributed by atoms with Gasteiger partial charge >= 0.3 is 5.97 Å². The summed E-state index contributed by atoms with van der Waals surface area (Å²) in [5.41, 5.74) is 1.31.